The Hall–Kier alpha value is -2.75. The molecule has 0 heterocycles. The van der Waals surface area contributed by atoms with Gasteiger partial charge in [0.05, 0.1) is 15.9 Å². The molecule has 0 fully saturated rings. The maximum absolute atomic E-state index is 12.3. The average Bonchev–Trinajstić information content (AvgIpc) is 2.60. The van der Waals surface area contributed by atoms with Crippen LogP contribution in [0.1, 0.15) is 6.92 Å². The highest BCUT2D eigenvalue weighted by molar-refractivity contribution is 8.00. The molecule has 1 atom stereocenters. The van der Waals surface area contributed by atoms with E-state index in [4.69, 9.17) is 4.74 Å². The second-order valence-electron chi connectivity index (χ2n) is 5.40. The molecule has 2 aromatic carbocycles. The number of para-hydroxylation sites is 2. The fourth-order valence-corrected chi connectivity index (χ4v) is 2.86. The molecular weight excluding hydrogens is 385 g/mol. The molecule has 10 heteroatoms. The molecule has 6 nitrogen and oxygen atoms in total. The third-order valence-corrected chi connectivity index (χ3v) is 4.38. The summed E-state index contributed by atoms with van der Waals surface area (Å²) >= 11 is 1.16. The summed E-state index contributed by atoms with van der Waals surface area (Å²) in [5, 5.41) is 12.6. The quantitative estimate of drug-likeness (QED) is 0.415. The second-order valence-corrected chi connectivity index (χ2v) is 6.81. The Morgan fingerprint density at radius 2 is 1.85 bits per heavy atom. The molecule has 0 saturated heterocycles. The van der Waals surface area contributed by atoms with Crippen molar-refractivity contribution < 1.29 is 27.6 Å². The highest BCUT2D eigenvalue weighted by Gasteiger charge is 2.29. The molecule has 0 aliphatic rings. The van der Waals surface area contributed by atoms with E-state index in [0.29, 0.717) is 4.90 Å². The Bertz CT molecular complexity index is 813. The Labute approximate surface area is 156 Å². The van der Waals surface area contributed by atoms with Crippen molar-refractivity contribution in [1.29, 1.82) is 0 Å². The Kier molecular flexibility index (Phi) is 6.67. The fraction of sp³-hybridized carbons (Fsp3) is 0.235. The van der Waals surface area contributed by atoms with Gasteiger partial charge in [-0.05, 0) is 31.2 Å². The van der Waals surface area contributed by atoms with Gasteiger partial charge in [0.25, 0.3) is 5.69 Å². The van der Waals surface area contributed by atoms with E-state index in [1.54, 1.807) is 13.0 Å². The topological polar surface area (TPSA) is 81.5 Å². The summed E-state index contributed by atoms with van der Waals surface area (Å²) in [6.45, 7) is 0.146. The number of ether oxygens (including phenoxy) is 1. The number of carbonyl (C=O) groups is 1. The summed E-state index contributed by atoms with van der Waals surface area (Å²) in [5.74, 6) is -0.530. The number of hydrogen-bond donors (Lipinski definition) is 1. The minimum absolute atomic E-state index is 0.0628. The van der Waals surface area contributed by atoms with Crippen LogP contribution < -0.4 is 10.1 Å². The van der Waals surface area contributed by atoms with E-state index in [1.807, 2.05) is 0 Å². The van der Waals surface area contributed by atoms with Crippen LogP contribution in [-0.4, -0.2) is 28.9 Å². The van der Waals surface area contributed by atoms with Gasteiger partial charge in [-0.25, -0.2) is 0 Å². The average molecular weight is 400 g/mol. The summed E-state index contributed by atoms with van der Waals surface area (Å²) in [5.41, 5.74) is 0.0649. The molecule has 1 amide bonds. The predicted octanol–water partition coefficient (Wildman–Crippen LogP) is 4.66. The maximum Gasteiger partial charge on any atom is 0.422 e. The van der Waals surface area contributed by atoms with Crippen LogP contribution in [0.2, 0.25) is 0 Å². The number of benzene rings is 2. The van der Waals surface area contributed by atoms with Crippen molar-refractivity contribution in [2.75, 3.05) is 11.9 Å². The van der Waals surface area contributed by atoms with Crippen molar-refractivity contribution in [3.05, 3.63) is 58.6 Å². The van der Waals surface area contributed by atoms with Gasteiger partial charge in [-0.15, -0.1) is 11.8 Å². The number of nitro groups is 1. The second kappa shape index (κ2) is 8.76. The monoisotopic (exact) mass is 400 g/mol. The van der Waals surface area contributed by atoms with Crippen LogP contribution in [0.25, 0.3) is 0 Å². The number of nitrogens with one attached hydrogen (secondary N) is 1. The highest BCUT2D eigenvalue weighted by atomic mass is 32.2. The number of halogens is 3. The highest BCUT2D eigenvalue weighted by Crippen LogP contribution is 2.29. The zero-order valence-electron chi connectivity index (χ0n) is 14.0. The molecule has 2 rings (SSSR count). The van der Waals surface area contributed by atoms with E-state index in [-0.39, 0.29) is 17.1 Å². The fourth-order valence-electron chi connectivity index (χ4n) is 1.99. The van der Waals surface area contributed by atoms with E-state index < -0.39 is 28.9 Å². The van der Waals surface area contributed by atoms with Gasteiger partial charge in [-0.2, -0.15) is 13.2 Å². The number of nitrogens with zero attached hydrogens (tertiary/aromatic N) is 1. The van der Waals surface area contributed by atoms with Gasteiger partial charge < -0.3 is 10.1 Å². The van der Waals surface area contributed by atoms with Crippen LogP contribution in [-0.2, 0) is 4.79 Å². The molecule has 0 radical (unpaired) electrons. The smallest absolute Gasteiger partial charge is 0.422 e. The molecule has 0 spiro atoms. The molecule has 0 saturated carbocycles. The van der Waals surface area contributed by atoms with Crippen molar-refractivity contribution >= 4 is 29.0 Å². The number of amides is 1. The van der Waals surface area contributed by atoms with Gasteiger partial charge in [0.15, 0.2) is 6.61 Å². The largest absolute Gasteiger partial charge is 0.482 e. The summed E-state index contributed by atoms with van der Waals surface area (Å²) in [7, 11) is 0. The molecule has 27 heavy (non-hydrogen) atoms. The first-order valence-electron chi connectivity index (χ1n) is 7.66. The molecule has 0 aromatic heterocycles. The minimum Gasteiger partial charge on any atom is -0.482 e. The summed E-state index contributed by atoms with van der Waals surface area (Å²) in [6, 6.07) is 11.5. The van der Waals surface area contributed by atoms with Crippen LogP contribution >= 0.6 is 11.8 Å². The van der Waals surface area contributed by atoms with Crippen molar-refractivity contribution in [3.63, 3.8) is 0 Å². The number of rotatable bonds is 7. The van der Waals surface area contributed by atoms with E-state index >= 15 is 0 Å². The standard InChI is InChI=1S/C17H15F3N2O4S/c1-11(27-13-8-6-12(7-9-13)22(24)25)16(23)21-14-4-2-3-5-15(14)26-10-17(18,19)20/h2-9,11H,10H2,1H3,(H,21,23). The Balaban J connectivity index is 2.00. The van der Waals surface area contributed by atoms with Crippen molar-refractivity contribution in [3.8, 4) is 5.75 Å². The number of thioether (sulfide) groups is 1. The SMILES string of the molecule is CC(Sc1ccc([N+](=O)[O-])cc1)C(=O)Nc1ccccc1OCC(F)(F)F. The van der Waals surface area contributed by atoms with Crippen molar-refractivity contribution in [1.82, 2.24) is 0 Å². The number of hydrogen-bond acceptors (Lipinski definition) is 5. The lowest BCUT2D eigenvalue weighted by molar-refractivity contribution is -0.384. The molecule has 1 N–H and O–H groups in total. The van der Waals surface area contributed by atoms with Crippen molar-refractivity contribution in [2.45, 2.75) is 23.2 Å². The summed E-state index contributed by atoms with van der Waals surface area (Å²) < 4.78 is 41.7. The van der Waals surface area contributed by atoms with Gasteiger partial charge in [0.1, 0.15) is 5.75 Å². The Morgan fingerprint density at radius 1 is 1.22 bits per heavy atom. The number of anilines is 1. The molecule has 0 bridgehead atoms. The van der Waals surface area contributed by atoms with Crippen LogP contribution in [0.4, 0.5) is 24.5 Å². The summed E-state index contributed by atoms with van der Waals surface area (Å²) in [6.07, 6.45) is -4.49. The molecular formula is C17H15F3N2O4S. The van der Waals surface area contributed by atoms with Crippen LogP contribution in [0, 0.1) is 10.1 Å². The van der Waals surface area contributed by atoms with Gasteiger partial charge in [-0.1, -0.05) is 12.1 Å². The lowest BCUT2D eigenvalue weighted by Gasteiger charge is -2.16. The third kappa shape index (κ3) is 6.48. The lowest BCUT2D eigenvalue weighted by Crippen LogP contribution is -2.24. The molecule has 0 aliphatic carbocycles. The summed E-state index contributed by atoms with van der Waals surface area (Å²) in [4.78, 5) is 23.1. The van der Waals surface area contributed by atoms with E-state index in [2.05, 4.69) is 5.32 Å². The maximum atomic E-state index is 12.3. The number of carbonyl (C=O) groups excluding carboxylic acids is 1. The number of non-ortho nitro benzene ring substituents is 1. The zero-order chi connectivity index (χ0) is 20.0. The zero-order valence-corrected chi connectivity index (χ0v) is 14.8. The molecule has 0 aliphatic heterocycles. The van der Waals surface area contributed by atoms with Gasteiger partial charge in [-0.3, -0.25) is 14.9 Å². The van der Waals surface area contributed by atoms with Crippen LogP contribution in [0.3, 0.4) is 0 Å². The molecule has 144 valence electrons. The molecule has 1 unspecified atom stereocenters. The number of nitro benzene ring substituents is 1. The van der Waals surface area contributed by atoms with Crippen molar-refractivity contribution in [2.24, 2.45) is 0 Å². The van der Waals surface area contributed by atoms with Crippen LogP contribution in [0.5, 0.6) is 5.75 Å². The Morgan fingerprint density at radius 3 is 2.44 bits per heavy atom. The van der Waals surface area contributed by atoms with Gasteiger partial charge in [0.2, 0.25) is 5.91 Å². The number of alkyl halides is 3. The molecule has 2 aromatic rings. The normalized spacial score (nSPS) is 12.3. The lowest BCUT2D eigenvalue weighted by atomic mass is 10.3. The van der Waals surface area contributed by atoms with E-state index in [0.717, 1.165) is 11.8 Å². The first kappa shape index (κ1) is 20.6. The first-order valence-corrected chi connectivity index (χ1v) is 8.54. The van der Waals surface area contributed by atoms with Gasteiger partial charge >= 0.3 is 6.18 Å². The van der Waals surface area contributed by atoms with Crippen LogP contribution in [0.15, 0.2) is 53.4 Å². The first-order chi connectivity index (χ1) is 12.7. The van der Waals surface area contributed by atoms with E-state index in [9.17, 15) is 28.1 Å². The predicted molar refractivity (Wildman–Crippen MR) is 95.0 cm³/mol. The van der Waals surface area contributed by atoms with Gasteiger partial charge in [0, 0.05) is 17.0 Å². The minimum atomic E-state index is -4.49. The van der Waals surface area contributed by atoms with E-state index in [1.165, 1.54) is 42.5 Å². The third-order valence-electron chi connectivity index (χ3n) is 3.27.